The van der Waals surface area contributed by atoms with Crippen LogP contribution in [0.15, 0.2) is 36.5 Å². The van der Waals surface area contributed by atoms with E-state index in [1.165, 1.54) is 11.3 Å². The number of primary amides is 1. The number of rotatable bonds is 3. The molecular formula is C17H19N3O2S. The first-order valence-corrected chi connectivity index (χ1v) is 8.49. The highest BCUT2D eigenvalue weighted by atomic mass is 32.1. The molecule has 23 heavy (non-hydrogen) atoms. The maximum atomic E-state index is 12.8. The van der Waals surface area contributed by atoms with E-state index in [0.29, 0.717) is 11.4 Å². The molecule has 2 amide bonds. The zero-order valence-electron chi connectivity index (χ0n) is 12.9. The van der Waals surface area contributed by atoms with Gasteiger partial charge in [-0.25, -0.2) is 4.98 Å². The Balaban J connectivity index is 1.80. The van der Waals surface area contributed by atoms with Crippen molar-refractivity contribution in [3.63, 3.8) is 0 Å². The topological polar surface area (TPSA) is 76.3 Å². The van der Waals surface area contributed by atoms with Crippen molar-refractivity contribution in [2.75, 3.05) is 6.54 Å². The Hall–Kier alpha value is -2.21. The summed E-state index contributed by atoms with van der Waals surface area (Å²) < 4.78 is 0. The molecule has 1 aromatic heterocycles. The second kappa shape index (κ2) is 6.50. The van der Waals surface area contributed by atoms with Crippen LogP contribution in [0.3, 0.4) is 0 Å². The second-order valence-corrected chi connectivity index (χ2v) is 6.91. The van der Waals surface area contributed by atoms with E-state index in [4.69, 9.17) is 5.73 Å². The van der Waals surface area contributed by atoms with Crippen molar-refractivity contribution in [3.8, 4) is 10.6 Å². The zero-order chi connectivity index (χ0) is 16.4. The lowest BCUT2D eigenvalue weighted by atomic mass is 9.93. The summed E-state index contributed by atoms with van der Waals surface area (Å²) in [7, 11) is 0. The predicted molar refractivity (Wildman–Crippen MR) is 90.0 cm³/mol. The molecule has 2 aromatic rings. The summed E-state index contributed by atoms with van der Waals surface area (Å²) in [6.07, 6.45) is 3.16. The van der Waals surface area contributed by atoms with Gasteiger partial charge in [-0.2, -0.15) is 0 Å². The normalized spacial score (nSPS) is 21.2. The summed E-state index contributed by atoms with van der Waals surface area (Å²) in [4.78, 5) is 30.9. The van der Waals surface area contributed by atoms with Crippen molar-refractivity contribution in [1.82, 2.24) is 9.88 Å². The van der Waals surface area contributed by atoms with E-state index >= 15 is 0 Å². The first kappa shape index (κ1) is 15.7. The van der Waals surface area contributed by atoms with Crippen LogP contribution in [0.1, 0.15) is 29.4 Å². The smallest absolute Gasteiger partial charge is 0.265 e. The number of hydrogen-bond donors (Lipinski definition) is 1. The quantitative estimate of drug-likeness (QED) is 0.940. The first-order chi connectivity index (χ1) is 11.1. The average Bonchev–Trinajstić information content (AvgIpc) is 3.05. The molecule has 1 saturated heterocycles. The molecule has 5 nitrogen and oxygen atoms in total. The van der Waals surface area contributed by atoms with Crippen molar-refractivity contribution in [2.24, 2.45) is 11.7 Å². The van der Waals surface area contributed by atoms with Gasteiger partial charge in [0.05, 0.1) is 12.1 Å². The van der Waals surface area contributed by atoms with E-state index in [1.807, 2.05) is 37.3 Å². The summed E-state index contributed by atoms with van der Waals surface area (Å²) in [6.45, 7) is 2.40. The molecule has 0 spiro atoms. The van der Waals surface area contributed by atoms with Crippen molar-refractivity contribution in [2.45, 2.75) is 25.8 Å². The Morgan fingerprint density at radius 1 is 1.26 bits per heavy atom. The van der Waals surface area contributed by atoms with E-state index in [9.17, 15) is 9.59 Å². The van der Waals surface area contributed by atoms with Gasteiger partial charge in [-0.05, 0) is 19.8 Å². The molecule has 0 bridgehead atoms. The molecule has 6 heteroatoms. The molecule has 2 heterocycles. The number of amides is 2. The van der Waals surface area contributed by atoms with Gasteiger partial charge < -0.3 is 10.6 Å². The number of nitrogens with two attached hydrogens (primary N) is 1. The third-order valence-corrected chi connectivity index (χ3v) is 5.32. The molecular weight excluding hydrogens is 310 g/mol. The van der Waals surface area contributed by atoms with Gasteiger partial charge in [-0.3, -0.25) is 9.59 Å². The molecule has 0 radical (unpaired) electrons. The lowest BCUT2D eigenvalue weighted by molar-refractivity contribution is -0.123. The van der Waals surface area contributed by atoms with E-state index in [0.717, 1.165) is 23.4 Å². The molecule has 2 atom stereocenters. The molecule has 1 fully saturated rings. The van der Waals surface area contributed by atoms with Gasteiger partial charge in [-0.15, -0.1) is 11.3 Å². The number of benzene rings is 1. The third-order valence-electron chi connectivity index (χ3n) is 4.28. The summed E-state index contributed by atoms with van der Waals surface area (Å²) in [6, 6.07) is 9.90. The summed E-state index contributed by atoms with van der Waals surface area (Å²) in [5.41, 5.74) is 6.41. The highest BCUT2D eigenvalue weighted by molar-refractivity contribution is 7.16. The third kappa shape index (κ3) is 3.27. The fraction of sp³-hybridized carbons (Fsp3) is 0.353. The molecule has 0 unspecified atom stereocenters. The fourth-order valence-electron chi connectivity index (χ4n) is 2.85. The van der Waals surface area contributed by atoms with Gasteiger partial charge in [0.15, 0.2) is 0 Å². The maximum Gasteiger partial charge on any atom is 0.265 e. The van der Waals surface area contributed by atoms with Gasteiger partial charge in [0, 0.05) is 18.2 Å². The van der Waals surface area contributed by atoms with Crippen molar-refractivity contribution in [1.29, 1.82) is 0 Å². The van der Waals surface area contributed by atoms with Gasteiger partial charge >= 0.3 is 0 Å². The van der Waals surface area contributed by atoms with Crippen LogP contribution in [0.5, 0.6) is 0 Å². The molecule has 3 rings (SSSR count). The second-order valence-electron chi connectivity index (χ2n) is 5.88. The summed E-state index contributed by atoms with van der Waals surface area (Å²) in [5.74, 6) is -0.649. The average molecular weight is 329 g/mol. The zero-order valence-corrected chi connectivity index (χ0v) is 13.8. The van der Waals surface area contributed by atoms with Crippen LogP contribution in [0.25, 0.3) is 10.6 Å². The molecule has 2 N–H and O–H groups in total. The van der Waals surface area contributed by atoms with Crippen LogP contribution in [-0.4, -0.2) is 34.3 Å². The molecule has 1 aliphatic rings. The van der Waals surface area contributed by atoms with Crippen molar-refractivity contribution in [3.05, 3.63) is 41.4 Å². The van der Waals surface area contributed by atoms with Crippen LogP contribution < -0.4 is 5.73 Å². The van der Waals surface area contributed by atoms with E-state index < -0.39 is 0 Å². The monoisotopic (exact) mass is 329 g/mol. The standard InChI is InChI=1S/C17H19N3O2S/c1-11-7-8-13(15(18)21)10-20(11)17(22)14-9-19-16(23-14)12-5-3-2-4-6-12/h2-6,9,11,13H,7-8,10H2,1H3,(H2,18,21)/t11-,13+/m1/s1. The minimum absolute atomic E-state index is 0.0665. The minimum atomic E-state index is -0.330. The lowest BCUT2D eigenvalue weighted by Gasteiger charge is -2.36. The number of aromatic nitrogens is 1. The van der Waals surface area contributed by atoms with Crippen LogP contribution in [0.2, 0.25) is 0 Å². The molecule has 120 valence electrons. The van der Waals surface area contributed by atoms with Gasteiger partial charge in [0.2, 0.25) is 5.91 Å². The first-order valence-electron chi connectivity index (χ1n) is 7.68. The Morgan fingerprint density at radius 3 is 2.70 bits per heavy atom. The van der Waals surface area contributed by atoms with Gasteiger partial charge in [0.1, 0.15) is 9.88 Å². The van der Waals surface area contributed by atoms with Crippen LogP contribution in [0.4, 0.5) is 0 Å². The summed E-state index contributed by atoms with van der Waals surface area (Å²) >= 11 is 1.38. The van der Waals surface area contributed by atoms with E-state index in [2.05, 4.69) is 4.98 Å². The highest BCUT2D eigenvalue weighted by Gasteiger charge is 2.32. The van der Waals surface area contributed by atoms with Crippen LogP contribution in [-0.2, 0) is 4.79 Å². The maximum absolute atomic E-state index is 12.8. The number of likely N-dealkylation sites (tertiary alicyclic amines) is 1. The van der Waals surface area contributed by atoms with Crippen molar-refractivity contribution >= 4 is 23.2 Å². The molecule has 0 saturated carbocycles. The number of hydrogen-bond acceptors (Lipinski definition) is 4. The Kier molecular flexibility index (Phi) is 4.43. The molecule has 1 aliphatic heterocycles. The number of thiazole rings is 1. The van der Waals surface area contributed by atoms with Gasteiger partial charge in [0.25, 0.3) is 5.91 Å². The van der Waals surface area contributed by atoms with Crippen LogP contribution >= 0.6 is 11.3 Å². The number of nitrogens with zero attached hydrogens (tertiary/aromatic N) is 2. The minimum Gasteiger partial charge on any atom is -0.369 e. The number of carbonyl (C=O) groups excluding carboxylic acids is 2. The number of piperidine rings is 1. The predicted octanol–water partition coefficient (Wildman–Crippen LogP) is 2.54. The van der Waals surface area contributed by atoms with Crippen molar-refractivity contribution < 1.29 is 9.59 Å². The van der Waals surface area contributed by atoms with E-state index in [-0.39, 0.29) is 23.8 Å². The summed E-state index contributed by atoms with van der Waals surface area (Å²) in [5, 5.41) is 0.824. The Morgan fingerprint density at radius 2 is 2.00 bits per heavy atom. The molecule has 1 aromatic carbocycles. The Labute approximate surface area is 139 Å². The Bertz CT molecular complexity index is 714. The number of carbonyl (C=O) groups is 2. The lowest BCUT2D eigenvalue weighted by Crippen LogP contribution is -2.48. The largest absolute Gasteiger partial charge is 0.369 e. The van der Waals surface area contributed by atoms with Crippen LogP contribution in [0, 0.1) is 5.92 Å². The SMILES string of the molecule is C[C@@H]1CC[C@H](C(N)=O)CN1C(=O)c1cnc(-c2ccccc2)s1. The fourth-order valence-corrected chi connectivity index (χ4v) is 3.73. The molecule has 0 aliphatic carbocycles. The highest BCUT2D eigenvalue weighted by Crippen LogP contribution is 2.28. The van der Waals surface area contributed by atoms with E-state index in [1.54, 1.807) is 11.1 Å². The van der Waals surface area contributed by atoms with Gasteiger partial charge in [-0.1, -0.05) is 30.3 Å².